The van der Waals surface area contributed by atoms with Crippen LogP contribution in [0.3, 0.4) is 0 Å². The van der Waals surface area contributed by atoms with E-state index >= 15 is 0 Å². The van der Waals surface area contributed by atoms with Crippen LogP contribution in [0, 0.1) is 0 Å². The zero-order valence-corrected chi connectivity index (χ0v) is 6.45. The zero-order chi connectivity index (χ0) is 8.85. The molecular formula is C6H13N3O2. The maximum absolute atomic E-state index is 10.1. The van der Waals surface area contributed by atoms with Crippen LogP contribution in [0.2, 0.25) is 0 Å². The molecule has 0 aliphatic carbocycles. The molecule has 0 spiro atoms. The lowest BCUT2D eigenvalue weighted by atomic mass is 10.4. The van der Waals surface area contributed by atoms with Crippen molar-refractivity contribution in [2.45, 2.75) is 13.3 Å². The van der Waals surface area contributed by atoms with E-state index < -0.39 is 5.97 Å². The number of aliphatic carboxylic acids is 1. The van der Waals surface area contributed by atoms with Gasteiger partial charge in [-0.15, -0.1) is 0 Å². The molecule has 0 aliphatic heterocycles. The van der Waals surface area contributed by atoms with Gasteiger partial charge < -0.3 is 15.8 Å². The SMILES string of the molecule is CC/C(N)=C/N(N)CC(=O)O. The standard InChI is InChI=1S/C6H13N3O2/c1-2-5(7)3-9(8)4-6(10)11/h3H,2,4,7-8H2,1H3,(H,10,11)/b5-3-. The smallest absolute Gasteiger partial charge is 0.324 e. The van der Waals surface area contributed by atoms with Crippen molar-refractivity contribution in [1.82, 2.24) is 5.01 Å². The minimum absolute atomic E-state index is 0.235. The fraction of sp³-hybridized carbons (Fsp3) is 0.500. The van der Waals surface area contributed by atoms with E-state index in [0.29, 0.717) is 12.1 Å². The van der Waals surface area contributed by atoms with Gasteiger partial charge in [-0.2, -0.15) is 0 Å². The third kappa shape index (κ3) is 5.23. The number of rotatable bonds is 4. The molecule has 0 aromatic heterocycles. The number of carbonyl (C=O) groups is 1. The molecule has 0 atom stereocenters. The monoisotopic (exact) mass is 159 g/mol. The maximum atomic E-state index is 10.1. The Morgan fingerprint density at radius 1 is 1.73 bits per heavy atom. The number of hydrazine groups is 1. The van der Waals surface area contributed by atoms with Crippen LogP contribution in [-0.2, 0) is 4.79 Å². The van der Waals surface area contributed by atoms with Crippen molar-refractivity contribution in [3.05, 3.63) is 11.9 Å². The number of hydrogen-bond donors (Lipinski definition) is 3. The summed E-state index contributed by atoms with van der Waals surface area (Å²) in [6, 6.07) is 0. The highest BCUT2D eigenvalue weighted by atomic mass is 16.4. The van der Waals surface area contributed by atoms with E-state index in [-0.39, 0.29) is 6.54 Å². The Bertz CT molecular complexity index is 167. The molecule has 0 aromatic rings. The Labute approximate surface area is 65.2 Å². The summed E-state index contributed by atoms with van der Waals surface area (Å²) < 4.78 is 0. The first-order chi connectivity index (χ1) is 5.06. The number of allylic oxidation sites excluding steroid dienone is 1. The molecule has 0 amide bonds. The minimum atomic E-state index is -0.979. The second-order valence-corrected chi connectivity index (χ2v) is 2.12. The molecule has 5 nitrogen and oxygen atoms in total. The predicted molar refractivity (Wildman–Crippen MR) is 41.1 cm³/mol. The molecule has 0 heterocycles. The molecule has 11 heavy (non-hydrogen) atoms. The van der Waals surface area contributed by atoms with Gasteiger partial charge in [-0.3, -0.25) is 4.79 Å². The topological polar surface area (TPSA) is 92.6 Å². The molecule has 64 valence electrons. The van der Waals surface area contributed by atoms with Gasteiger partial charge in [0.25, 0.3) is 0 Å². The highest BCUT2D eigenvalue weighted by molar-refractivity contribution is 5.69. The Morgan fingerprint density at radius 2 is 2.27 bits per heavy atom. The molecule has 0 rings (SSSR count). The van der Waals surface area contributed by atoms with Gasteiger partial charge in [-0.25, -0.2) is 5.84 Å². The Balaban J connectivity index is 3.85. The van der Waals surface area contributed by atoms with E-state index in [2.05, 4.69) is 0 Å². The number of carboxylic acid groups (broad SMARTS) is 1. The summed E-state index contributed by atoms with van der Waals surface area (Å²) >= 11 is 0. The Hall–Kier alpha value is -1.23. The van der Waals surface area contributed by atoms with Crippen LogP contribution in [0.5, 0.6) is 0 Å². The van der Waals surface area contributed by atoms with Crippen LogP contribution < -0.4 is 11.6 Å². The lowest BCUT2D eigenvalue weighted by Crippen LogP contribution is -2.31. The molecule has 0 aliphatic rings. The molecule has 0 saturated heterocycles. The van der Waals surface area contributed by atoms with Crippen molar-refractivity contribution >= 4 is 5.97 Å². The number of nitrogens with two attached hydrogens (primary N) is 2. The first-order valence-corrected chi connectivity index (χ1v) is 3.25. The second kappa shape index (κ2) is 4.56. The fourth-order valence-corrected chi connectivity index (χ4v) is 0.506. The zero-order valence-electron chi connectivity index (χ0n) is 6.45. The Kier molecular flexibility index (Phi) is 4.05. The largest absolute Gasteiger partial charge is 0.480 e. The average molecular weight is 159 g/mol. The van der Waals surface area contributed by atoms with Gasteiger partial charge in [0.15, 0.2) is 0 Å². The van der Waals surface area contributed by atoms with Crippen molar-refractivity contribution in [3.8, 4) is 0 Å². The van der Waals surface area contributed by atoms with E-state index in [1.807, 2.05) is 6.92 Å². The summed E-state index contributed by atoms with van der Waals surface area (Å²) in [7, 11) is 0. The van der Waals surface area contributed by atoms with Crippen LogP contribution >= 0.6 is 0 Å². The lowest BCUT2D eigenvalue weighted by Gasteiger charge is -2.10. The van der Waals surface area contributed by atoms with Crippen LogP contribution in [0.25, 0.3) is 0 Å². The van der Waals surface area contributed by atoms with Gasteiger partial charge in [-0.05, 0) is 6.42 Å². The summed E-state index contributed by atoms with van der Waals surface area (Å²) in [4.78, 5) is 10.1. The van der Waals surface area contributed by atoms with Crippen LogP contribution in [-0.4, -0.2) is 22.6 Å². The number of hydrogen-bond acceptors (Lipinski definition) is 4. The van der Waals surface area contributed by atoms with Crippen molar-refractivity contribution in [3.63, 3.8) is 0 Å². The van der Waals surface area contributed by atoms with Gasteiger partial charge in [0.2, 0.25) is 0 Å². The summed E-state index contributed by atoms with van der Waals surface area (Å²) in [6.45, 7) is 1.63. The molecule has 5 N–H and O–H groups in total. The van der Waals surface area contributed by atoms with E-state index in [9.17, 15) is 4.79 Å². The molecule has 0 saturated carbocycles. The first kappa shape index (κ1) is 9.77. The van der Waals surface area contributed by atoms with Gasteiger partial charge >= 0.3 is 5.97 Å². The minimum Gasteiger partial charge on any atom is -0.480 e. The fourth-order valence-electron chi connectivity index (χ4n) is 0.506. The summed E-state index contributed by atoms with van der Waals surface area (Å²) in [5, 5.41) is 9.32. The number of carboxylic acids is 1. The van der Waals surface area contributed by atoms with Crippen LogP contribution in [0.1, 0.15) is 13.3 Å². The third-order valence-corrected chi connectivity index (χ3v) is 1.06. The molecule has 5 heteroatoms. The van der Waals surface area contributed by atoms with Crippen molar-refractivity contribution in [1.29, 1.82) is 0 Å². The highest BCUT2D eigenvalue weighted by Crippen LogP contribution is 1.91. The molecular weight excluding hydrogens is 146 g/mol. The number of nitrogens with zero attached hydrogens (tertiary/aromatic N) is 1. The average Bonchev–Trinajstić information content (AvgIpc) is 1.85. The van der Waals surface area contributed by atoms with E-state index in [0.717, 1.165) is 5.01 Å². The first-order valence-electron chi connectivity index (χ1n) is 3.25. The Morgan fingerprint density at radius 3 is 2.64 bits per heavy atom. The van der Waals surface area contributed by atoms with Crippen LogP contribution in [0.4, 0.5) is 0 Å². The molecule has 0 unspecified atom stereocenters. The van der Waals surface area contributed by atoms with E-state index in [4.69, 9.17) is 16.7 Å². The van der Waals surface area contributed by atoms with E-state index in [1.54, 1.807) is 0 Å². The van der Waals surface area contributed by atoms with Crippen LogP contribution in [0.15, 0.2) is 11.9 Å². The maximum Gasteiger partial charge on any atom is 0.324 e. The van der Waals surface area contributed by atoms with Crippen molar-refractivity contribution in [2.75, 3.05) is 6.54 Å². The van der Waals surface area contributed by atoms with Gasteiger partial charge in [0.1, 0.15) is 6.54 Å². The molecule has 0 aromatic carbocycles. The summed E-state index contributed by atoms with van der Waals surface area (Å²) in [6.07, 6.45) is 2.07. The van der Waals surface area contributed by atoms with Gasteiger partial charge in [0.05, 0.1) is 0 Å². The summed E-state index contributed by atoms with van der Waals surface area (Å²) in [5.74, 6) is 4.27. The molecule has 0 bridgehead atoms. The van der Waals surface area contributed by atoms with Gasteiger partial charge in [0, 0.05) is 11.9 Å². The van der Waals surface area contributed by atoms with Crippen molar-refractivity contribution < 1.29 is 9.90 Å². The lowest BCUT2D eigenvalue weighted by molar-refractivity contribution is -0.137. The third-order valence-electron chi connectivity index (χ3n) is 1.06. The molecule has 0 radical (unpaired) electrons. The quantitative estimate of drug-likeness (QED) is 0.378. The van der Waals surface area contributed by atoms with E-state index in [1.165, 1.54) is 6.20 Å². The predicted octanol–water partition coefficient (Wildman–Crippen LogP) is -0.543. The second-order valence-electron chi connectivity index (χ2n) is 2.12. The van der Waals surface area contributed by atoms with Crippen molar-refractivity contribution in [2.24, 2.45) is 11.6 Å². The highest BCUT2D eigenvalue weighted by Gasteiger charge is 1.99. The molecule has 0 fully saturated rings. The van der Waals surface area contributed by atoms with Gasteiger partial charge in [-0.1, -0.05) is 6.92 Å². The summed E-state index contributed by atoms with van der Waals surface area (Å²) in [5.41, 5.74) is 5.96. The normalized spacial score (nSPS) is 11.3.